The molecular weight excluding hydrogens is 248 g/mol. The normalized spacial score (nSPS) is 24.6. The monoisotopic (exact) mass is 266 g/mol. The summed E-state index contributed by atoms with van der Waals surface area (Å²) in [6.07, 6.45) is 0.588. The molecular formula is C14H18OS2. The summed E-state index contributed by atoms with van der Waals surface area (Å²) in [5.74, 6) is 2.68. The van der Waals surface area contributed by atoms with Crippen LogP contribution in [0.1, 0.15) is 18.1 Å². The number of Topliss-reactive ketones (excluding diaryl/α,β-unsaturated/α-hetero) is 1. The number of benzene rings is 1. The van der Waals surface area contributed by atoms with Crippen LogP contribution in [0.4, 0.5) is 0 Å². The van der Waals surface area contributed by atoms with Crippen LogP contribution in [0.3, 0.4) is 0 Å². The molecule has 1 fully saturated rings. The van der Waals surface area contributed by atoms with E-state index in [0.29, 0.717) is 17.5 Å². The van der Waals surface area contributed by atoms with E-state index in [1.54, 1.807) is 0 Å². The molecule has 1 saturated heterocycles. The molecule has 1 nitrogen and oxygen atoms in total. The maximum atomic E-state index is 12.3. The molecule has 1 aromatic carbocycles. The van der Waals surface area contributed by atoms with Gasteiger partial charge in [0.1, 0.15) is 0 Å². The van der Waals surface area contributed by atoms with E-state index < -0.39 is 0 Å². The molecule has 1 aliphatic heterocycles. The predicted octanol–water partition coefficient (Wildman–Crippen LogP) is 3.34. The quantitative estimate of drug-likeness (QED) is 0.835. The van der Waals surface area contributed by atoms with Crippen molar-refractivity contribution in [3.05, 3.63) is 35.4 Å². The van der Waals surface area contributed by atoms with Crippen molar-refractivity contribution in [3.63, 3.8) is 0 Å². The number of thioether (sulfide) groups is 2. The number of aryl methyl sites for hydroxylation is 1. The zero-order valence-electron chi connectivity index (χ0n) is 10.3. The minimum absolute atomic E-state index is 0.189. The first-order valence-electron chi connectivity index (χ1n) is 5.98. The van der Waals surface area contributed by atoms with Crippen LogP contribution in [0.15, 0.2) is 24.3 Å². The van der Waals surface area contributed by atoms with Gasteiger partial charge in [-0.2, -0.15) is 11.8 Å². The number of carbonyl (C=O) groups is 1. The summed E-state index contributed by atoms with van der Waals surface area (Å²) in [5, 5.41) is 0.653. The van der Waals surface area contributed by atoms with Gasteiger partial charge in [0.15, 0.2) is 5.78 Å². The Labute approximate surface area is 112 Å². The van der Waals surface area contributed by atoms with Crippen LogP contribution in [0, 0.1) is 6.92 Å². The number of carbonyl (C=O) groups excluding carboxylic acids is 1. The molecule has 0 amide bonds. The van der Waals surface area contributed by atoms with Crippen LogP contribution in [0.2, 0.25) is 0 Å². The molecule has 17 heavy (non-hydrogen) atoms. The van der Waals surface area contributed by atoms with Gasteiger partial charge >= 0.3 is 0 Å². The molecule has 0 spiro atoms. The second kappa shape index (κ2) is 5.96. The molecule has 2 rings (SSSR count). The van der Waals surface area contributed by atoms with Gasteiger partial charge in [-0.05, 0) is 12.5 Å². The van der Waals surface area contributed by atoms with Crippen molar-refractivity contribution in [1.82, 2.24) is 0 Å². The zero-order valence-corrected chi connectivity index (χ0v) is 11.9. The maximum Gasteiger partial charge on any atom is 0.151 e. The lowest BCUT2D eigenvalue weighted by Gasteiger charge is -2.26. The van der Waals surface area contributed by atoms with Crippen molar-refractivity contribution in [2.24, 2.45) is 0 Å². The first-order chi connectivity index (χ1) is 8.16. The zero-order chi connectivity index (χ0) is 12.3. The van der Waals surface area contributed by atoms with Crippen LogP contribution in [-0.2, 0) is 11.2 Å². The Morgan fingerprint density at radius 1 is 1.35 bits per heavy atom. The second-order valence-corrected chi connectivity index (χ2v) is 7.23. The highest BCUT2D eigenvalue weighted by molar-refractivity contribution is 8.07. The van der Waals surface area contributed by atoms with E-state index in [1.807, 2.05) is 29.6 Å². The first-order valence-corrected chi connectivity index (χ1v) is 8.08. The van der Waals surface area contributed by atoms with Gasteiger partial charge in [0.2, 0.25) is 0 Å². The average Bonchev–Trinajstić information content (AvgIpc) is 2.29. The van der Waals surface area contributed by atoms with Crippen molar-refractivity contribution >= 4 is 29.3 Å². The Balaban J connectivity index is 2.01. The highest BCUT2D eigenvalue weighted by atomic mass is 32.2. The van der Waals surface area contributed by atoms with Crippen molar-refractivity contribution in [2.75, 3.05) is 11.5 Å². The lowest BCUT2D eigenvalue weighted by Crippen LogP contribution is -2.32. The van der Waals surface area contributed by atoms with Gasteiger partial charge in [0.25, 0.3) is 0 Å². The summed E-state index contributed by atoms with van der Waals surface area (Å²) in [6.45, 7) is 4.25. The fourth-order valence-electron chi connectivity index (χ4n) is 2.11. The predicted molar refractivity (Wildman–Crippen MR) is 78.1 cm³/mol. The highest BCUT2D eigenvalue weighted by Crippen LogP contribution is 2.32. The summed E-state index contributed by atoms with van der Waals surface area (Å²) in [5.41, 5.74) is 2.38. The largest absolute Gasteiger partial charge is 0.298 e. The van der Waals surface area contributed by atoms with Gasteiger partial charge < -0.3 is 0 Å². The maximum absolute atomic E-state index is 12.3. The van der Waals surface area contributed by atoms with Gasteiger partial charge in [0, 0.05) is 23.2 Å². The third-order valence-electron chi connectivity index (χ3n) is 2.97. The van der Waals surface area contributed by atoms with E-state index in [9.17, 15) is 4.79 Å². The summed E-state index contributed by atoms with van der Waals surface area (Å²) >= 11 is 3.76. The molecule has 1 aromatic rings. The summed E-state index contributed by atoms with van der Waals surface area (Å²) in [4.78, 5) is 12.3. The molecule has 1 aliphatic rings. The lowest BCUT2D eigenvalue weighted by molar-refractivity contribution is -0.117. The molecule has 1 heterocycles. The molecule has 2 atom stereocenters. The van der Waals surface area contributed by atoms with Crippen molar-refractivity contribution in [3.8, 4) is 0 Å². The van der Waals surface area contributed by atoms with Crippen molar-refractivity contribution in [2.45, 2.75) is 30.8 Å². The van der Waals surface area contributed by atoms with E-state index >= 15 is 0 Å². The molecule has 3 heteroatoms. The molecule has 0 radical (unpaired) electrons. The molecule has 0 bridgehead atoms. The fourth-order valence-corrected chi connectivity index (χ4v) is 4.84. The van der Waals surface area contributed by atoms with Crippen LogP contribution in [-0.4, -0.2) is 27.8 Å². The Kier molecular flexibility index (Phi) is 4.57. The Bertz CT molecular complexity index is 403. The summed E-state index contributed by atoms with van der Waals surface area (Å²) in [6, 6.07) is 8.27. The molecule has 2 unspecified atom stereocenters. The third kappa shape index (κ3) is 3.52. The number of ketones is 1. The van der Waals surface area contributed by atoms with Gasteiger partial charge in [-0.25, -0.2) is 0 Å². The van der Waals surface area contributed by atoms with E-state index in [-0.39, 0.29) is 5.25 Å². The number of hydrogen-bond donors (Lipinski definition) is 0. The Morgan fingerprint density at radius 3 is 2.82 bits per heavy atom. The second-order valence-electron chi connectivity index (χ2n) is 4.50. The van der Waals surface area contributed by atoms with E-state index in [2.05, 4.69) is 32.0 Å². The van der Waals surface area contributed by atoms with Gasteiger partial charge in [0.05, 0.1) is 5.25 Å². The van der Waals surface area contributed by atoms with Crippen LogP contribution < -0.4 is 0 Å². The minimum atomic E-state index is 0.189. The van der Waals surface area contributed by atoms with Crippen LogP contribution >= 0.6 is 23.5 Å². The fraction of sp³-hybridized carbons (Fsp3) is 0.500. The van der Waals surface area contributed by atoms with E-state index in [4.69, 9.17) is 0 Å². The van der Waals surface area contributed by atoms with Crippen molar-refractivity contribution < 1.29 is 4.79 Å². The Hall–Kier alpha value is -0.410. The van der Waals surface area contributed by atoms with Gasteiger partial charge in [-0.3, -0.25) is 4.79 Å². The molecule has 0 N–H and O–H groups in total. The Morgan fingerprint density at radius 2 is 2.12 bits per heavy atom. The SMILES string of the molecule is Cc1cccc(CC(=O)C2SCCSC2C)c1. The summed E-state index contributed by atoms with van der Waals surface area (Å²) < 4.78 is 0. The minimum Gasteiger partial charge on any atom is -0.298 e. The topological polar surface area (TPSA) is 17.1 Å². The average molecular weight is 266 g/mol. The highest BCUT2D eigenvalue weighted by Gasteiger charge is 2.28. The van der Waals surface area contributed by atoms with Gasteiger partial charge in [-0.1, -0.05) is 36.8 Å². The lowest BCUT2D eigenvalue weighted by atomic mass is 10.0. The van der Waals surface area contributed by atoms with Crippen molar-refractivity contribution in [1.29, 1.82) is 0 Å². The van der Waals surface area contributed by atoms with Crippen LogP contribution in [0.25, 0.3) is 0 Å². The molecule has 92 valence electrons. The van der Waals surface area contributed by atoms with Crippen LogP contribution in [0.5, 0.6) is 0 Å². The van der Waals surface area contributed by atoms with E-state index in [1.165, 1.54) is 11.3 Å². The standard InChI is InChI=1S/C14H18OS2/c1-10-4-3-5-12(8-10)9-13(15)14-11(2)16-6-7-17-14/h3-5,8,11,14H,6-7,9H2,1-2H3. The molecule has 0 saturated carbocycles. The molecule has 0 aliphatic carbocycles. The molecule has 0 aromatic heterocycles. The smallest absolute Gasteiger partial charge is 0.151 e. The van der Waals surface area contributed by atoms with E-state index in [0.717, 1.165) is 11.3 Å². The number of rotatable bonds is 3. The number of hydrogen-bond acceptors (Lipinski definition) is 3. The summed E-state index contributed by atoms with van der Waals surface area (Å²) in [7, 11) is 0. The van der Waals surface area contributed by atoms with Gasteiger partial charge in [-0.15, -0.1) is 11.8 Å². The first kappa shape index (κ1) is 13.0. The third-order valence-corrected chi connectivity index (χ3v) is 6.10.